The second kappa shape index (κ2) is 8.30. The Morgan fingerprint density at radius 3 is 1.28 bits per heavy atom. The average Bonchev–Trinajstić information content (AvgIpc) is 2.59. The van der Waals surface area contributed by atoms with Gasteiger partial charge in [-0.05, 0) is 68.6 Å². The lowest BCUT2D eigenvalue weighted by Gasteiger charge is -2.60. The van der Waals surface area contributed by atoms with Crippen LogP contribution >= 0.6 is 0 Å². The van der Waals surface area contributed by atoms with E-state index in [0.29, 0.717) is 10.8 Å². The van der Waals surface area contributed by atoms with Crippen molar-refractivity contribution in [3.8, 4) is 0 Å². The molecule has 0 aromatic heterocycles. The van der Waals surface area contributed by atoms with Crippen LogP contribution in [0.3, 0.4) is 0 Å². The molecule has 4 N–H and O–H groups in total. The molecule has 0 aromatic rings. The van der Waals surface area contributed by atoms with Crippen LogP contribution < -0.4 is 11.5 Å². The molecule has 2 saturated carbocycles. The molecule has 2 rings (SSSR count). The van der Waals surface area contributed by atoms with Gasteiger partial charge in [-0.1, -0.05) is 66.2 Å². The largest absolute Gasteiger partial charge is 0.325 e. The molecule has 0 amide bonds. The number of hydrogen-bond donors (Lipinski definition) is 2. The number of nitrogens with two attached hydrogens (primary N) is 2. The second-order valence-electron chi connectivity index (χ2n) is 9.67. The zero-order chi connectivity index (χ0) is 18.6. The molecular weight excluding hydrogens is 304 g/mol. The Hall–Kier alpha value is -0.0800. The minimum atomic E-state index is -0.0593. The predicted octanol–water partition coefficient (Wildman–Crippen LogP) is 6.31. The van der Waals surface area contributed by atoms with Gasteiger partial charge in [0.2, 0.25) is 0 Å². The third-order valence-corrected chi connectivity index (χ3v) is 8.61. The predicted molar refractivity (Wildman–Crippen MR) is 111 cm³/mol. The minimum absolute atomic E-state index is 0.0593. The summed E-state index contributed by atoms with van der Waals surface area (Å²) in [5.74, 6) is 0. The standard InChI is InChI=1S/C23H46N2/c1-5-13-20(7-3)15-9-11-17-22(20,24)19-23(25)18-12-10-16-21(23,8-4)14-6-2/h5-19,24-25H2,1-4H3. The van der Waals surface area contributed by atoms with Crippen LogP contribution in [-0.4, -0.2) is 11.1 Å². The van der Waals surface area contributed by atoms with Crippen molar-refractivity contribution in [1.82, 2.24) is 0 Å². The molecule has 0 radical (unpaired) electrons. The monoisotopic (exact) mass is 350 g/mol. The molecule has 2 nitrogen and oxygen atoms in total. The molecule has 25 heavy (non-hydrogen) atoms. The molecule has 148 valence electrons. The normalized spacial score (nSPS) is 42.5. The van der Waals surface area contributed by atoms with Gasteiger partial charge < -0.3 is 11.5 Å². The van der Waals surface area contributed by atoms with Gasteiger partial charge in [0, 0.05) is 11.1 Å². The van der Waals surface area contributed by atoms with Gasteiger partial charge in [-0.3, -0.25) is 0 Å². The van der Waals surface area contributed by atoms with E-state index in [9.17, 15) is 0 Å². The summed E-state index contributed by atoms with van der Waals surface area (Å²) in [6, 6.07) is 0. The van der Waals surface area contributed by atoms with Crippen molar-refractivity contribution in [3.05, 3.63) is 0 Å². The average molecular weight is 351 g/mol. The van der Waals surface area contributed by atoms with Crippen molar-refractivity contribution in [3.63, 3.8) is 0 Å². The Balaban J connectivity index is 2.37. The highest BCUT2D eigenvalue weighted by molar-refractivity contribution is 5.14. The fraction of sp³-hybridized carbons (Fsp3) is 1.00. The molecule has 0 aromatic carbocycles. The molecule has 0 bridgehead atoms. The van der Waals surface area contributed by atoms with E-state index in [-0.39, 0.29) is 11.1 Å². The van der Waals surface area contributed by atoms with Crippen LogP contribution in [0.25, 0.3) is 0 Å². The molecule has 0 spiro atoms. The molecule has 0 aliphatic heterocycles. The summed E-state index contributed by atoms with van der Waals surface area (Å²) >= 11 is 0. The van der Waals surface area contributed by atoms with Crippen molar-refractivity contribution < 1.29 is 0 Å². The Bertz CT molecular complexity index is 376. The van der Waals surface area contributed by atoms with Crippen molar-refractivity contribution in [2.75, 3.05) is 0 Å². The van der Waals surface area contributed by atoms with Crippen LogP contribution in [-0.2, 0) is 0 Å². The van der Waals surface area contributed by atoms with E-state index in [4.69, 9.17) is 11.5 Å². The molecular formula is C23H46N2. The smallest absolute Gasteiger partial charge is 0.0229 e. The maximum absolute atomic E-state index is 7.34. The summed E-state index contributed by atoms with van der Waals surface area (Å²) in [6.07, 6.45) is 18.9. The Morgan fingerprint density at radius 1 is 0.600 bits per heavy atom. The SMILES string of the molecule is CCCC1(CC)CCCCC1(N)CC1(N)CCCCC1(CC)CCC. The lowest BCUT2D eigenvalue weighted by molar-refractivity contribution is -0.0329. The molecule has 2 aliphatic rings. The van der Waals surface area contributed by atoms with Crippen LogP contribution in [0.2, 0.25) is 0 Å². The highest BCUT2D eigenvalue weighted by atomic mass is 14.9. The second-order valence-corrected chi connectivity index (χ2v) is 9.67. The summed E-state index contributed by atoms with van der Waals surface area (Å²) in [5, 5.41) is 0. The van der Waals surface area contributed by atoms with Gasteiger partial charge in [0.25, 0.3) is 0 Å². The first-order chi connectivity index (χ1) is 11.9. The minimum Gasteiger partial charge on any atom is -0.325 e. The summed E-state index contributed by atoms with van der Waals surface area (Å²) < 4.78 is 0. The van der Waals surface area contributed by atoms with Gasteiger partial charge in [-0.25, -0.2) is 0 Å². The summed E-state index contributed by atoms with van der Waals surface area (Å²) in [5.41, 5.74) is 15.2. The van der Waals surface area contributed by atoms with Gasteiger partial charge in [0.1, 0.15) is 0 Å². The van der Waals surface area contributed by atoms with E-state index in [1.54, 1.807) is 0 Å². The Kier molecular flexibility index (Phi) is 7.04. The van der Waals surface area contributed by atoms with E-state index in [1.807, 2.05) is 0 Å². The van der Waals surface area contributed by atoms with Crippen molar-refractivity contribution in [2.45, 2.75) is 135 Å². The van der Waals surface area contributed by atoms with Crippen LogP contribution in [0.4, 0.5) is 0 Å². The van der Waals surface area contributed by atoms with E-state index >= 15 is 0 Å². The highest BCUT2D eigenvalue weighted by Crippen LogP contribution is 2.57. The fourth-order valence-electron chi connectivity index (χ4n) is 7.07. The molecule has 2 heteroatoms. The first-order valence-corrected chi connectivity index (χ1v) is 11.4. The summed E-state index contributed by atoms with van der Waals surface area (Å²) in [4.78, 5) is 0. The van der Waals surface area contributed by atoms with Gasteiger partial charge in [0.15, 0.2) is 0 Å². The zero-order valence-electron chi connectivity index (χ0n) is 17.8. The van der Waals surface area contributed by atoms with Crippen molar-refractivity contribution in [2.24, 2.45) is 22.3 Å². The van der Waals surface area contributed by atoms with Crippen LogP contribution in [0, 0.1) is 10.8 Å². The van der Waals surface area contributed by atoms with Crippen LogP contribution in [0.15, 0.2) is 0 Å². The zero-order valence-corrected chi connectivity index (χ0v) is 17.8. The van der Waals surface area contributed by atoms with E-state index in [1.165, 1.54) is 89.9 Å². The number of rotatable bonds is 8. The van der Waals surface area contributed by atoms with Gasteiger partial charge in [-0.15, -0.1) is 0 Å². The van der Waals surface area contributed by atoms with Gasteiger partial charge in [0.05, 0.1) is 0 Å². The third kappa shape index (κ3) is 3.68. The first kappa shape index (κ1) is 21.2. The van der Waals surface area contributed by atoms with Crippen LogP contribution in [0.5, 0.6) is 0 Å². The van der Waals surface area contributed by atoms with E-state index in [2.05, 4.69) is 27.7 Å². The molecule has 0 saturated heterocycles. The van der Waals surface area contributed by atoms with Gasteiger partial charge >= 0.3 is 0 Å². The molecule has 4 unspecified atom stereocenters. The number of hydrogen-bond acceptors (Lipinski definition) is 2. The summed E-state index contributed by atoms with van der Waals surface area (Å²) in [7, 11) is 0. The lowest BCUT2D eigenvalue weighted by Crippen LogP contribution is -2.67. The summed E-state index contributed by atoms with van der Waals surface area (Å²) in [6.45, 7) is 9.43. The van der Waals surface area contributed by atoms with E-state index < -0.39 is 0 Å². The highest BCUT2D eigenvalue weighted by Gasteiger charge is 2.56. The Labute approximate surface area is 157 Å². The molecule has 2 fully saturated rings. The van der Waals surface area contributed by atoms with E-state index in [0.717, 1.165) is 6.42 Å². The van der Waals surface area contributed by atoms with Crippen molar-refractivity contribution >= 4 is 0 Å². The molecule has 2 aliphatic carbocycles. The lowest BCUT2D eigenvalue weighted by atomic mass is 9.49. The maximum atomic E-state index is 7.34. The van der Waals surface area contributed by atoms with Gasteiger partial charge in [-0.2, -0.15) is 0 Å². The third-order valence-electron chi connectivity index (χ3n) is 8.61. The van der Waals surface area contributed by atoms with Crippen LogP contribution in [0.1, 0.15) is 124 Å². The van der Waals surface area contributed by atoms with Crippen molar-refractivity contribution in [1.29, 1.82) is 0 Å². The quantitative estimate of drug-likeness (QED) is 0.538. The molecule has 0 heterocycles. The topological polar surface area (TPSA) is 52.0 Å². The maximum Gasteiger partial charge on any atom is 0.0229 e. The Morgan fingerprint density at radius 2 is 0.960 bits per heavy atom. The first-order valence-electron chi connectivity index (χ1n) is 11.4. The fourth-order valence-corrected chi connectivity index (χ4v) is 7.07. The molecule has 4 atom stereocenters.